The summed E-state index contributed by atoms with van der Waals surface area (Å²) in [5.41, 5.74) is -1.25. The van der Waals surface area contributed by atoms with E-state index in [0.29, 0.717) is 38.2 Å². The van der Waals surface area contributed by atoms with Crippen molar-refractivity contribution >= 4 is 23.4 Å². The Morgan fingerprint density at radius 3 is 2.66 bits per heavy atom. The summed E-state index contributed by atoms with van der Waals surface area (Å²) in [5.74, 6) is -2.43. The fourth-order valence-electron chi connectivity index (χ4n) is 2.91. The lowest BCUT2D eigenvalue weighted by Crippen LogP contribution is -2.27. The molecule has 1 aliphatic rings. The molecule has 156 valence electrons. The Kier molecular flexibility index (Phi) is 6.14. The molecule has 0 spiro atoms. The van der Waals surface area contributed by atoms with Crippen LogP contribution in [0, 0.1) is 11.6 Å². The standard InChI is InChI=1S/C18H18F5N5O/c19-11-4-5-14(13(20)9-11)26-17-25-10-12(18(21,22)23)16(27-17)24-6-2-8-28-7-1-3-15(28)29/h4-5,9-10H,1-3,6-8H2,(H2,24,25,26,27). The van der Waals surface area contributed by atoms with Gasteiger partial charge in [-0.2, -0.15) is 18.2 Å². The molecule has 1 aromatic carbocycles. The van der Waals surface area contributed by atoms with E-state index in [1.807, 2.05) is 0 Å². The Morgan fingerprint density at radius 1 is 1.21 bits per heavy atom. The lowest BCUT2D eigenvalue weighted by molar-refractivity contribution is -0.137. The number of amides is 1. The van der Waals surface area contributed by atoms with Crippen molar-refractivity contribution in [1.82, 2.24) is 14.9 Å². The molecule has 2 heterocycles. The van der Waals surface area contributed by atoms with E-state index in [9.17, 15) is 26.7 Å². The van der Waals surface area contributed by atoms with Gasteiger partial charge < -0.3 is 15.5 Å². The molecular weight excluding hydrogens is 397 g/mol. The van der Waals surface area contributed by atoms with E-state index in [-0.39, 0.29) is 24.1 Å². The number of carbonyl (C=O) groups is 1. The molecule has 1 amide bonds. The molecule has 11 heteroatoms. The predicted octanol–water partition coefficient (Wildman–Crippen LogP) is 3.94. The van der Waals surface area contributed by atoms with Gasteiger partial charge >= 0.3 is 6.18 Å². The third kappa shape index (κ3) is 5.30. The van der Waals surface area contributed by atoms with Gasteiger partial charge in [-0.3, -0.25) is 4.79 Å². The van der Waals surface area contributed by atoms with Crippen molar-refractivity contribution < 1.29 is 26.7 Å². The molecule has 2 aromatic rings. The lowest BCUT2D eigenvalue weighted by Gasteiger charge is -2.17. The lowest BCUT2D eigenvalue weighted by atomic mass is 10.3. The Hall–Kier alpha value is -2.98. The van der Waals surface area contributed by atoms with Gasteiger partial charge in [-0.15, -0.1) is 0 Å². The van der Waals surface area contributed by atoms with Crippen molar-refractivity contribution in [1.29, 1.82) is 0 Å². The number of nitrogens with zero attached hydrogens (tertiary/aromatic N) is 3. The van der Waals surface area contributed by atoms with E-state index in [2.05, 4.69) is 20.6 Å². The Balaban J connectivity index is 1.70. The van der Waals surface area contributed by atoms with Crippen molar-refractivity contribution in [2.24, 2.45) is 0 Å². The second-order valence-corrected chi connectivity index (χ2v) is 6.47. The van der Waals surface area contributed by atoms with Gasteiger partial charge in [-0.25, -0.2) is 13.8 Å². The van der Waals surface area contributed by atoms with Gasteiger partial charge in [0.25, 0.3) is 0 Å². The molecule has 1 aromatic heterocycles. The van der Waals surface area contributed by atoms with Crippen LogP contribution in [0.1, 0.15) is 24.8 Å². The van der Waals surface area contributed by atoms with Gasteiger partial charge in [0.15, 0.2) is 0 Å². The van der Waals surface area contributed by atoms with Crippen molar-refractivity contribution in [2.75, 3.05) is 30.3 Å². The summed E-state index contributed by atoms with van der Waals surface area (Å²) in [5, 5.41) is 5.04. The molecule has 0 atom stereocenters. The summed E-state index contributed by atoms with van der Waals surface area (Å²) in [4.78, 5) is 20.6. The van der Waals surface area contributed by atoms with Gasteiger partial charge in [0, 0.05) is 38.3 Å². The number of rotatable bonds is 7. The van der Waals surface area contributed by atoms with E-state index in [1.54, 1.807) is 4.90 Å². The number of halogens is 5. The van der Waals surface area contributed by atoms with E-state index >= 15 is 0 Å². The highest BCUT2D eigenvalue weighted by molar-refractivity contribution is 5.78. The van der Waals surface area contributed by atoms with Crippen LogP contribution in [-0.4, -0.2) is 40.4 Å². The normalized spacial score (nSPS) is 14.4. The summed E-state index contributed by atoms with van der Waals surface area (Å²) < 4.78 is 66.4. The van der Waals surface area contributed by atoms with Crippen molar-refractivity contribution in [2.45, 2.75) is 25.4 Å². The van der Waals surface area contributed by atoms with Crippen LogP contribution in [0.5, 0.6) is 0 Å². The third-order valence-electron chi connectivity index (χ3n) is 4.34. The number of likely N-dealkylation sites (tertiary alicyclic amines) is 1. The maximum atomic E-state index is 13.7. The molecule has 0 radical (unpaired) electrons. The van der Waals surface area contributed by atoms with Crippen LogP contribution in [0.3, 0.4) is 0 Å². The first-order valence-corrected chi connectivity index (χ1v) is 8.92. The highest BCUT2D eigenvalue weighted by Crippen LogP contribution is 2.34. The van der Waals surface area contributed by atoms with Gasteiger partial charge in [-0.1, -0.05) is 0 Å². The summed E-state index contributed by atoms with van der Waals surface area (Å²) in [6.07, 6.45) is -2.39. The highest BCUT2D eigenvalue weighted by atomic mass is 19.4. The Labute approximate surface area is 163 Å². The SMILES string of the molecule is O=C1CCCN1CCCNc1nc(Nc2ccc(F)cc2F)ncc1C(F)(F)F. The van der Waals surface area contributed by atoms with Crippen LogP contribution in [0.4, 0.5) is 39.4 Å². The zero-order chi connectivity index (χ0) is 21.0. The minimum absolute atomic E-state index is 0.0378. The van der Waals surface area contributed by atoms with Crippen LogP contribution in [0.2, 0.25) is 0 Å². The summed E-state index contributed by atoms with van der Waals surface area (Å²) in [6, 6.07) is 2.71. The van der Waals surface area contributed by atoms with Gasteiger partial charge in [-0.05, 0) is 25.0 Å². The molecule has 0 aliphatic carbocycles. The number of benzene rings is 1. The monoisotopic (exact) mass is 415 g/mol. The van der Waals surface area contributed by atoms with Crippen LogP contribution in [-0.2, 0) is 11.0 Å². The summed E-state index contributed by atoms with van der Waals surface area (Å²) in [6.45, 7) is 1.23. The molecule has 0 saturated carbocycles. The van der Waals surface area contributed by atoms with Gasteiger partial charge in [0.1, 0.15) is 23.0 Å². The fraction of sp³-hybridized carbons (Fsp3) is 0.389. The molecule has 29 heavy (non-hydrogen) atoms. The molecule has 1 saturated heterocycles. The third-order valence-corrected chi connectivity index (χ3v) is 4.34. The molecule has 1 fully saturated rings. The first-order valence-electron chi connectivity index (χ1n) is 8.92. The zero-order valence-corrected chi connectivity index (χ0v) is 15.2. The van der Waals surface area contributed by atoms with Crippen LogP contribution in [0.15, 0.2) is 24.4 Å². The number of aromatic nitrogens is 2. The zero-order valence-electron chi connectivity index (χ0n) is 15.2. The van der Waals surface area contributed by atoms with Gasteiger partial charge in [0.2, 0.25) is 11.9 Å². The molecule has 6 nitrogen and oxygen atoms in total. The van der Waals surface area contributed by atoms with Crippen molar-refractivity contribution in [3.63, 3.8) is 0 Å². The van der Waals surface area contributed by atoms with Crippen LogP contribution in [0.25, 0.3) is 0 Å². The van der Waals surface area contributed by atoms with Crippen molar-refractivity contribution in [3.05, 3.63) is 41.6 Å². The van der Waals surface area contributed by atoms with Crippen LogP contribution < -0.4 is 10.6 Å². The molecule has 3 rings (SSSR count). The van der Waals surface area contributed by atoms with E-state index in [0.717, 1.165) is 18.6 Å². The Bertz CT molecular complexity index is 889. The second kappa shape index (κ2) is 8.58. The minimum Gasteiger partial charge on any atom is -0.369 e. The number of carbonyl (C=O) groups excluding carboxylic acids is 1. The van der Waals surface area contributed by atoms with Crippen LogP contribution >= 0.6 is 0 Å². The first-order chi connectivity index (χ1) is 13.7. The highest BCUT2D eigenvalue weighted by Gasteiger charge is 2.35. The van der Waals surface area contributed by atoms with Crippen molar-refractivity contribution in [3.8, 4) is 0 Å². The average molecular weight is 415 g/mol. The van der Waals surface area contributed by atoms with E-state index < -0.39 is 29.2 Å². The maximum absolute atomic E-state index is 13.7. The fourth-order valence-corrected chi connectivity index (χ4v) is 2.91. The average Bonchev–Trinajstić information content (AvgIpc) is 3.05. The maximum Gasteiger partial charge on any atom is 0.421 e. The number of nitrogens with one attached hydrogen (secondary N) is 2. The second-order valence-electron chi connectivity index (χ2n) is 6.47. The number of hydrogen-bond donors (Lipinski definition) is 2. The number of hydrogen-bond acceptors (Lipinski definition) is 5. The van der Waals surface area contributed by atoms with Gasteiger partial charge in [0.05, 0.1) is 5.69 Å². The quantitative estimate of drug-likeness (QED) is 0.530. The first kappa shape index (κ1) is 20.7. The number of alkyl halides is 3. The Morgan fingerprint density at radius 2 is 2.00 bits per heavy atom. The summed E-state index contributed by atoms with van der Waals surface area (Å²) >= 11 is 0. The van der Waals surface area contributed by atoms with E-state index in [1.165, 1.54) is 0 Å². The number of anilines is 3. The largest absolute Gasteiger partial charge is 0.421 e. The predicted molar refractivity (Wildman–Crippen MR) is 95.6 cm³/mol. The summed E-state index contributed by atoms with van der Waals surface area (Å²) in [7, 11) is 0. The molecule has 1 aliphatic heterocycles. The topological polar surface area (TPSA) is 70.2 Å². The molecule has 0 bridgehead atoms. The van der Waals surface area contributed by atoms with E-state index in [4.69, 9.17) is 0 Å². The minimum atomic E-state index is -4.69. The smallest absolute Gasteiger partial charge is 0.369 e. The molecule has 2 N–H and O–H groups in total. The molecular formula is C18H18F5N5O. The molecule has 0 unspecified atom stereocenters.